The maximum Gasteiger partial charge on any atom is 0.270 e. The van der Waals surface area contributed by atoms with Gasteiger partial charge in [-0.25, -0.2) is 0 Å². The fourth-order valence-electron chi connectivity index (χ4n) is 1.99. The van der Waals surface area contributed by atoms with E-state index in [1.54, 1.807) is 24.4 Å². The third kappa shape index (κ3) is 5.27. The first-order valence-corrected chi connectivity index (χ1v) is 7.88. The maximum absolute atomic E-state index is 11.8. The number of halogens is 2. The predicted molar refractivity (Wildman–Crippen MR) is 95.4 cm³/mol. The van der Waals surface area contributed by atoms with Gasteiger partial charge in [-0.05, 0) is 36.2 Å². The molecule has 0 saturated heterocycles. The topological polar surface area (TPSA) is 54.0 Å². The van der Waals surface area contributed by atoms with E-state index in [1.807, 2.05) is 18.2 Å². The molecule has 2 rings (SSSR count). The summed E-state index contributed by atoms with van der Waals surface area (Å²) in [6.45, 7) is 4.65. The Kier molecular flexibility index (Phi) is 6.44. The molecule has 2 N–H and O–H groups in total. The fraction of sp³-hybridized carbons (Fsp3) is 0.176. The zero-order valence-corrected chi connectivity index (χ0v) is 14.0. The van der Waals surface area contributed by atoms with Crippen LogP contribution in [-0.2, 0) is 6.42 Å². The second-order valence-electron chi connectivity index (χ2n) is 4.84. The lowest BCUT2D eigenvalue weighted by molar-refractivity contribution is 0.0953. The van der Waals surface area contributed by atoms with E-state index in [0.29, 0.717) is 28.8 Å². The Hall–Kier alpha value is -2.04. The van der Waals surface area contributed by atoms with Gasteiger partial charge in [0.05, 0.1) is 0 Å². The van der Waals surface area contributed by atoms with Crippen molar-refractivity contribution in [3.05, 3.63) is 70.5 Å². The van der Waals surface area contributed by atoms with E-state index < -0.39 is 0 Å². The van der Waals surface area contributed by atoms with Gasteiger partial charge in [-0.15, -0.1) is 6.58 Å². The van der Waals surface area contributed by atoms with Crippen molar-refractivity contribution in [3.63, 3.8) is 0 Å². The van der Waals surface area contributed by atoms with Crippen LogP contribution in [0.2, 0.25) is 10.0 Å². The predicted octanol–water partition coefficient (Wildman–Crippen LogP) is 3.96. The summed E-state index contributed by atoms with van der Waals surface area (Å²) in [6.07, 6.45) is 3.96. The van der Waals surface area contributed by atoms with Gasteiger partial charge < -0.3 is 10.6 Å². The SMILES string of the molecule is C=CCNC(=O)c1cc(NCCc2ccc(Cl)cc2Cl)ccn1. The molecule has 0 aliphatic rings. The van der Waals surface area contributed by atoms with Crippen molar-refractivity contribution in [1.29, 1.82) is 0 Å². The molecule has 0 aliphatic heterocycles. The molecule has 120 valence electrons. The first-order chi connectivity index (χ1) is 11.1. The normalized spacial score (nSPS) is 10.2. The highest BCUT2D eigenvalue weighted by atomic mass is 35.5. The first-order valence-electron chi connectivity index (χ1n) is 7.13. The number of rotatable bonds is 7. The molecule has 0 radical (unpaired) electrons. The van der Waals surface area contributed by atoms with Crippen molar-refractivity contribution in [2.45, 2.75) is 6.42 Å². The zero-order valence-electron chi connectivity index (χ0n) is 12.5. The van der Waals surface area contributed by atoms with Crippen LogP contribution in [0, 0.1) is 0 Å². The Bertz CT molecular complexity index is 704. The number of anilines is 1. The summed E-state index contributed by atoms with van der Waals surface area (Å²) in [5, 5.41) is 7.22. The number of carbonyl (C=O) groups excluding carboxylic acids is 1. The molecule has 0 bridgehead atoms. The molecule has 4 nitrogen and oxygen atoms in total. The minimum absolute atomic E-state index is 0.228. The smallest absolute Gasteiger partial charge is 0.270 e. The summed E-state index contributed by atoms with van der Waals surface area (Å²) in [5.74, 6) is -0.228. The quantitative estimate of drug-likeness (QED) is 0.744. The van der Waals surface area contributed by atoms with Crippen LogP contribution in [0.1, 0.15) is 16.1 Å². The summed E-state index contributed by atoms with van der Waals surface area (Å²) in [6, 6.07) is 8.98. The van der Waals surface area contributed by atoms with Crippen LogP contribution in [0.5, 0.6) is 0 Å². The second-order valence-corrected chi connectivity index (χ2v) is 5.68. The second kappa shape index (κ2) is 8.56. The van der Waals surface area contributed by atoms with E-state index in [4.69, 9.17) is 23.2 Å². The number of hydrogen-bond acceptors (Lipinski definition) is 3. The molecule has 1 amide bonds. The Morgan fingerprint density at radius 1 is 1.26 bits per heavy atom. The lowest BCUT2D eigenvalue weighted by Crippen LogP contribution is -2.24. The summed E-state index contributed by atoms with van der Waals surface area (Å²) < 4.78 is 0. The molecule has 0 spiro atoms. The molecule has 2 aromatic rings. The van der Waals surface area contributed by atoms with Crippen LogP contribution in [0.25, 0.3) is 0 Å². The summed E-state index contributed by atoms with van der Waals surface area (Å²) >= 11 is 12.0. The van der Waals surface area contributed by atoms with Crippen molar-refractivity contribution in [3.8, 4) is 0 Å². The standard InChI is InChI=1S/C17H17Cl2N3O/c1-2-7-22-17(23)16-11-14(6-9-21-16)20-8-5-12-3-4-13(18)10-15(12)19/h2-4,6,9-11H,1,5,7-8H2,(H,20,21)(H,22,23). The first kappa shape index (κ1) is 17.3. The van der Waals surface area contributed by atoms with Crippen LogP contribution in [0.4, 0.5) is 5.69 Å². The van der Waals surface area contributed by atoms with Gasteiger partial charge in [0.25, 0.3) is 5.91 Å². The molecular weight excluding hydrogens is 333 g/mol. The average Bonchev–Trinajstić information content (AvgIpc) is 2.55. The van der Waals surface area contributed by atoms with E-state index in [0.717, 1.165) is 17.7 Å². The number of hydrogen-bond donors (Lipinski definition) is 2. The molecule has 6 heteroatoms. The zero-order chi connectivity index (χ0) is 16.7. The Morgan fingerprint density at radius 2 is 2.09 bits per heavy atom. The molecular formula is C17H17Cl2N3O. The number of aromatic nitrogens is 1. The van der Waals surface area contributed by atoms with Crippen molar-refractivity contribution in [1.82, 2.24) is 10.3 Å². The van der Waals surface area contributed by atoms with E-state index in [-0.39, 0.29) is 5.91 Å². The van der Waals surface area contributed by atoms with Crippen molar-refractivity contribution >= 4 is 34.8 Å². The highest BCUT2D eigenvalue weighted by molar-refractivity contribution is 6.35. The summed E-state index contributed by atoms with van der Waals surface area (Å²) in [5.41, 5.74) is 2.21. The number of benzene rings is 1. The van der Waals surface area contributed by atoms with Gasteiger partial charge >= 0.3 is 0 Å². The Morgan fingerprint density at radius 3 is 2.83 bits per heavy atom. The van der Waals surface area contributed by atoms with Crippen LogP contribution < -0.4 is 10.6 Å². The lowest BCUT2D eigenvalue weighted by Gasteiger charge is -2.09. The molecule has 1 aromatic carbocycles. The van der Waals surface area contributed by atoms with Gasteiger partial charge in [0.1, 0.15) is 5.69 Å². The molecule has 0 aliphatic carbocycles. The van der Waals surface area contributed by atoms with Crippen LogP contribution in [0.15, 0.2) is 49.2 Å². The minimum atomic E-state index is -0.228. The van der Waals surface area contributed by atoms with Crippen LogP contribution in [-0.4, -0.2) is 24.0 Å². The minimum Gasteiger partial charge on any atom is -0.385 e. The molecule has 23 heavy (non-hydrogen) atoms. The van der Waals surface area contributed by atoms with Crippen molar-refractivity contribution in [2.24, 2.45) is 0 Å². The number of pyridine rings is 1. The van der Waals surface area contributed by atoms with Gasteiger partial charge in [-0.1, -0.05) is 35.3 Å². The fourth-order valence-corrected chi connectivity index (χ4v) is 2.49. The number of nitrogens with one attached hydrogen (secondary N) is 2. The van der Waals surface area contributed by atoms with Gasteiger partial charge in [-0.3, -0.25) is 9.78 Å². The Balaban J connectivity index is 1.93. The molecule has 0 unspecified atom stereocenters. The van der Waals surface area contributed by atoms with E-state index in [2.05, 4.69) is 22.2 Å². The van der Waals surface area contributed by atoms with Gasteiger partial charge in [0, 0.05) is 35.0 Å². The number of nitrogens with zero attached hydrogens (tertiary/aromatic N) is 1. The van der Waals surface area contributed by atoms with Gasteiger partial charge in [-0.2, -0.15) is 0 Å². The van der Waals surface area contributed by atoms with Crippen LogP contribution >= 0.6 is 23.2 Å². The number of carbonyl (C=O) groups is 1. The van der Waals surface area contributed by atoms with Gasteiger partial charge in [0.15, 0.2) is 0 Å². The van der Waals surface area contributed by atoms with E-state index in [9.17, 15) is 4.79 Å². The van der Waals surface area contributed by atoms with E-state index >= 15 is 0 Å². The van der Waals surface area contributed by atoms with Crippen molar-refractivity contribution in [2.75, 3.05) is 18.4 Å². The lowest BCUT2D eigenvalue weighted by atomic mass is 10.1. The maximum atomic E-state index is 11.8. The van der Waals surface area contributed by atoms with Crippen molar-refractivity contribution < 1.29 is 4.79 Å². The summed E-state index contributed by atoms with van der Waals surface area (Å²) in [4.78, 5) is 15.9. The molecule has 1 heterocycles. The number of amides is 1. The highest BCUT2D eigenvalue weighted by Crippen LogP contribution is 2.21. The van der Waals surface area contributed by atoms with Crippen LogP contribution in [0.3, 0.4) is 0 Å². The summed E-state index contributed by atoms with van der Waals surface area (Å²) in [7, 11) is 0. The average molecular weight is 350 g/mol. The Labute approximate surface area is 145 Å². The monoisotopic (exact) mass is 349 g/mol. The molecule has 0 atom stereocenters. The third-order valence-corrected chi connectivity index (χ3v) is 3.73. The van der Waals surface area contributed by atoms with Gasteiger partial charge in [0.2, 0.25) is 0 Å². The highest BCUT2D eigenvalue weighted by Gasteiger charge is 2.07. The van der Waals surface area contributed by atoms with E-state index in [1.165, 1.54) is 0 Å². The molecule has 0 fully saturated rings. The third-order valence-electron chi connectivity index (χ3n) is 3.14. The largest absolute Gasteiger partial charge is 0.385 e. The molecule has 1 aromatic heterocycles. The molecule has 0 saturated carbocycles.